The zero-order valence-electron chi connectivity index (χ0n) is 12.9. The molecule has 1 aliphatic heterocycles. The number of benzene rings is 2. The van der Waals surface area contributed by atoms with E-state index in [9.17, 15) is 9.59 Å². The van der Waals surface area contributed by atoms with Crippen LogP contribution in [0.1, 0.15) is 21.3 Å². The van der Waals surface area contributed by atoms with Crippen molar-refractivity contribution in [1.82, 2.24) is 10.2 Å². The zero-order chi connectivity index (χ0) is 16.9. The highest BCUT2D eigenvalue weighted by molar-refractivity contribution is 7.99. The third-order valence-corrected chi connectivity index (χ3v) is 5.32. The lowest BCUT2D eigenvalue weighted by Gasteiger charge is -2.24. The molecule has 1 saturated heterocycles. The van der Waals surface area contributed by atoms with Gasteiger partial charge in [0.2, 0.25) is 5.91 Å². The second-order valence-electron chi connectivity index (χ2n) is 5.41. The molecule has 1 N–H and O–H groups in total. The Labute approximate surface area is 150 Å². The Kier molecular flexibility index (Phi) is 5.43. The van der Waals surface area contributed by atoms with Crippen molar-refractivity contribution in [3.8, 4) is 0 Å². The molecule has 1 unspecified atom stereocenters. The summed E-state index contributed by atoms with van der Waals surface area (Å²) in [5, 5.41) is 3.35. The van der Waals surface area contributed by atoms with Gasteiger partial charge in [-0.2, -0.15) is 0 Å². The van der Waals surface area contributed by atoms with Gasteiger partial charge in [0.05, 0.1) is 6.54 Å². The van der Waals surface area contributed by atoms with Gasteiger partial charge in [-0.3, -0.25) is 9.59 Å². The van der Waals surface area contributed by atoms with Crippen LogP contribution in [0.2, 0.25) is 5.02 Å². The van der Waals surface area contributed by atoms with Crippen LogP contribution in [0.5, 0.6) is 0 Å². The minimum absolute atomic E-state index is 0.00161. The fourth-order valence-electron chi connectivity index (χ4n) is 2.58. The smallest absolute Gasteiger partial charge is 0.251 e. The molecule has 0 radical (unpaired) electrons. The maximum atomic E-state index is 12.5. The van der Waals surface area contributed by atoms with Gasteiger partial charge in [-0.05, 0) is 29.8 Å². The van der Waals surface area contributed by atoms with Gasteiger partial charge in [-0.15, -0.1) is 11.8 Å². The van der Waals surface area contributed by atoms with Crippen molar-refractivity contribution >= 4 is 35.2 Å². The fraction of sp³-hybridized carbons (Fsp3) is 0.222. The van der Waals surface area contributed by atoms with Crippen molar-refractivity contribution in [1.29, 1.82) is 0 Å². The second kappa shape index (κ2) is 7.73. The minimum Gasteiger partial charge on any atom is -0.343 e. The number of nitrogens with zero attached hydrogens (tertiary/aromatic N) is 1. The van der Waals surface area contributed by atoms with E-state index in [4.69, 9.17) is 11.6 Å². The summed E-state index contributed by atoms with van der Waals surface area (Å²) in [6.07, 6.45) is 0. The van der Waals surface area contributed by atoms with Gasteiger partial charge in [0.25, 0.3) is 5.91 Å². The monoisotopic (exact) mass is 360 g/mol. The third-order valence-electron chi connectivity index (χ3n) is 3.80. The molecule has 1 heterocycles. The Morgan fingerprint density at radius 3 is 2.54 bits per heavy atom. The molecule has 124 valence electrons. The largest absolute Gasteiger partial charge is 0.343 e. The number of hydrogen-bond donors (Lipinski definition) is 1. The average Bonchev–Trinajstić information content (AvgIpc) is 3.10. The summed E-state index contributed by atoms with van der Waals surface area (Å²) in [4.78, 5) is 26.4. The Morgan fingerprint density at radius 1 is 1.12 bits per heavy atom. The van der Waals surface area contributed by atoms with E-state index in [1.807, 2.05) is 30.3 Å². The molecule has 1 fully saturated rings. The lowest BCUT2D eigenvalue weighted by atomic mass is 10.2. The topological polar surface area (TPSA) is 49.4 Å². The van der Waals surface area contributed by atoms with Crippen LogP contribution < -0.4 is 5.32 Å². The standard InChI is InChI=1S/C18H17ClN2O2S/c19-15-8-6-14(7-9-15)18-21(10-11-24-18)16(22)12-20-17(23)13-4-2-1-3-5-13/h1-9,18H,10-12H2,(H,20,23). The van der Waals surface area contributed by atoms with Gasteiger partial charge >= 0.3 is 0 Å². The fourth-order valence-corrected chi connectivity index (χ4v) is 3.98. The number of carbonyl (C=O) groups is 2. The van der Waals surface area contributed by atoms with E-state index >= 15 is 0 Å². The predicted molar refractivity (Wildman–Crippen MR) is 97.1 cm³/mol. The number of rotatable bonds is 4. The van der Waals surface area contributed by atoms with Crippen LogP contribution in [0.4, 0.5) is 0 Å². The van der Waals surface area contributed by atoms with Crippen molar-refractivity contribution in [2.24, 2.45) is 0 Å². The summed E-state index contributed by atoms with van der Waals surface area (Å²) in [6.45, 7) is 0.677. The molecule has 2 aromatic carbocycles. The number of halogens is 1. The molecular weight excluding hydrogens is 344 g/mol. The zero-order valence-corrected chi connectivity index (χ0v) is 14.5. The molecule has 2 aromatic rings. The summed E-state index contributed by atoms with van der Waals surface area (Å²) in [5.74, 6) is 0.564. The van der Waals surface area contributed by atoms with Crippen molar-refractivity contribution in [3.63, 3.8) is 0 Å². The van der Waals surface area contributed by atoms with Crippen LogP contribution in [0, 0.1) is 0 Å². The molecule has 6 heteroatoms. The van der Waals surface area contributed by atoms with Crippen molar-refractivity contribution in [2.75, 3.05) is 18.8 Å². The van der Waals surface area contributed by atoms with E-state index in [2.05, 4.69) is 5.32 Å². The molecular formula is C18H17ClN2O2S. The van der Waals surface area contributed by atoms with Gasteiger partial charge in [-0.1, -0.05) is 41.9 Å². The maximum Gasteiger partial charge on any atom is 0.251 e. The first kappa shape index (κ1) is 16.9. The van der Waals surface area contributed by atoms with Crippen molar-refractivity contribution in [3.05, 3.63) is 70.7 Å². The van der Waals surface area contributed by atoms with Crippen LogP contribution in [0.25, 0.3) is 0 Å². The highest BCUT2D eigenvalue weighted by Crippen LogP contribution is 2.38. The molecule has 1 atom stereocenters. The molecule has 0 saturated carbocycles. The minimum atomic E-state index is -0.237. The third kappa shape index (κ3) is 3.91. The quantitative estimate of drug-likeness (QED) is 0.909. The summed E-state index contributed by atoms with van der Waals surface area (Å²) >= 11 is 7.64. The average molecular weight is 361 g/mol. The van der Waals surface area contributed by atoms with E-state index in [1.165, 1.54) is 0 Å². The van der Waals surface area contributed by atoms with Gasteiger partial charge in [0, 0.05) is 22.9 Å². The molecule has 4 nitrogen and oxygen atoms in total. The highest BCUT2D eigenvalue weighted by Gasteiger charge is 2.30. The van der Waals surface area contributed by atoms with Crippen molar-refractivity contribution in [2.45, 2.75) is 5.37 Å². The molecule has 0 bridgehead atoms. The van der Waals surface area contributed by atoms with E-state index in [0.717, 1.165) is 11.3 Å². The van der Waals surface area contributed by atoms with Gasteiger partial charge in [0.15, 0.2) is 0 Å². The van der Waals surface area contributed by atoms with Crippen LogP contribution in [0.15, 0.2) is 54.6 Å². The molecule has 1 aliphatic rings. The van der Waals surface area contributed by atoms with Gasteiger partial charge in [0.1, 0.15) is 5.37 Å². The Morgan fingerprint density at radius 2 is 1.83 bits per heavy atom. The number of nitrogens with one attached hydrogen (secondary N) is 1. The first-order valence-corrected chi connectivity index (χ1v) is 9.07. The SMILES string of the molecule is O=C(NCC(=O)N1CCSC1c1ccc(Cl)cc1)c1ccccc1. The summed E-state index contributed by atoms with van der Waals surface area (Å²) in [5.41, 5.74) is 1.60. The van der Waals surface area contributed by atoms with E-state index < -0.39 is 0 Å². The van der Waals surface area contributed by atoms with E-state index in [-0.39, 0.29) is 23.7 Å². The van der Waals surface area contributed by atoms with Gasteiger partial charge in [-0.25, -0.2) is 0 Å². The molecule has 3 rings (SSSR count). The first-order valence-electron chi connectivity index (χ1n) is 7.65. The Balaban J connectivity index is 1.61. The number of carbonyl (C=O) groups excluding carboxylic acids is 2. The first-order chi connectivity index (χ1) is 11.6. The molecule has 2 amide bonds. The summed E-state index contributed by atoms with van der Waals surface area (Å²) in [7, 11) is 0. The van der Waals surface area contributed by atoms with Crippen LogP contribution in [0.3, 0.4) is 0 Å². The van der Waals surface area contributed by atoms with E-state index in [1.54, 1.807) is 40.9 Å². The number of amides is 2. The number of hydrogen-bond acceptors (Lipinski definition) is 3. The molecule has 0 spiro atoms. The lowest BCUT2D eigenvalue weighted by molar-refractivity contribution is -0.130. The van der Waals surface area contributed by atoms with Crippen LogP contribution in [-0.2, 0) is 4.79 Å². The molecule has 0 aliphatic carbocycles. The van der Waals surface area contributed by atoms with E-state index in [0.29, 0.717) is 17.1 Å². The van der Waals surface area contributed by atoms with Crippen molar-refractivity contribution < 1.29 is 9.59 Å². The summed E-state index contributed by atoms with van der Waals surface area (Å²) < 4.78 is 0. The number of thioether (sulfide) groups is 1. The van der Waals surface area contributed by atoms with Gasteiger partial charge < -0.3 is 10.2 Å². The predicted octanol–water partition coefficient (Wildman–Crippen LogP) is 3.34. The Hall–Kier alpha value is -1.98. The van der Waals surface area contributed by atoms with Crippen LogP contribution in [-0.4, -0.2) is 35.6 Å². The van der Waals surface area contributed by atoms with Crippen LogP contribution >= 0.6 is 23.4 Å². The second-order valence-corrected chi connectivity index (χ2v) is 7.04. The molecule has 0 aromatic heterocycles. The Bertz CT molecular complexity index is 722. The summed E-state index contributed by atoms with van der Waals surface area (Å²) in [6, 6.07) is 16.4. The normalized spacial score (nSPS) is 16.9. The lowest BCUT2D eigenvalue weighted by Crippen LogP contribution is -2.39. The molecule has 24 heavy (non-hydrogen) atoms. The maximum absolute atomic E-state index is 12.5. The highest BCUT2D eigenvalue weighted by atomic mass is 35.5.